The first kappa shape index (κ1) is 13.0. The number of thiophene rings is 1. The molecule has 4 aromatic rings. The molecule has 0 aliphatic rings. The van der Waals surface area contributed by atoms with Crippen molar-refractivity contribution >= 4 is 48.7 Å². The van der Waals surface area contributed by atoms with Gasteiger partial charge in [0.15, 0.2) is 0 Å². The number of nitro benzene ring substituents is 1. The van der Waals surface area contributed by atoms with Gasteiger partial charge in [-0.15, -0.1) is 11.3 Å². The van der Waals surface area contributed by atoms with Crippen LogP contribution in [0.1, 0.15) is 0 Å². The molecular weight excluding hydrogens is 298 g/mol. The third kappa shape index (κ3) is 1.63. The molecule has 22 heavy (non-hydrogen) atoms. The van der Waals surface area contributed by atoms with E-state index in [-0.39, 0.29) is 10.6 Å². The van der Waals surface area contributed by atoms with Crippen LogP contribution in [0.15, 0.2) is 47.8 Å². The summed E-state index contributed by atoms with van der Waals surface area (Å²) in [6.07, 6.45) is 0. The van der Waals surface area contributed by atoms with E-state index in [0.29, 0.717) is 11.1 Å². The van der Waals surface area contributed by atoms with Crippen LogP contribution < -0.4 is 4.74 Å². The van der Waals surface area contributed by atoms with E-state index in [0.717, 1.165) is 26.2 Å². The Hall–Kier alpha value is -2.66. The van der Waals surface area contributed by atoms with Gasteiger partial charge in [0.05, 0.1) is 17.4 Å². The summed E-state index contributed by atoms with van der Waals surface area (Å²) >= 11 is 1.60. The van der Waals surface area contributed by atoms with E-state index in [1.807, 2.05) is 47.8 Å². The minimum absolute atomic E-state index is 0.0338. The van der Waals surface area contributed by atoms with Crippen LogP contribution in [-0.2, 0) is 0 Å². The van der Waals surface area contributed by atoms with E-state index >= 15 is 0 Å². The Morgan fingerprint density at radius 3 is 2.55 bits per heavy atom. The van der Waals surface area contributed by atoms with Gasteiger partial charge < -0.3 is 4.74 Å². The molecule has 0 unspecified atom stereocenters. The van der Waals surface area contributed by atoms with Gasteiger partial charge in [-0.05, 0) is 28.3 Å². The third-order valence-electron chi connectivity index (χ3n) is 3.92. The predicted octanol–water partition coefficient (Wildman–Crippen LogP) is 5.12. The van der Waals surface area contributed by atoms with Gasteiger partial charge in [0, 0.05) is 15.5 Å². The summed E-state index contributed by atoms with van der Waals surface area (Å²) in [4.78, 5) is 11.3. The smallest absolute Gasteiger partial charge is 0.319 e. The summed E-state index contributed by atoms with van der Waals surface area (Å²) < 4.78 is 6.45. The zero-order valence-electron chi connectivity index (χ0n) is 11.7. The zero-order chi connectivity index (χ0) is 15.3. The van der Waals surface area contributed by atoms with Crippen molar-refractivity contribution < 1.29 is 9.66 Å². The lowest BCUT2D eigenvalue weighted by Crippen LogP contribution is -1.96. The van der Waals surface area contributed by atoms with Crippen LogP contribution in [0.25, 0.3) is 31.6 Å². The van der Waals surface area contributed by atoms with Gasteiger partial charge in [-0.25, -0.2) is 0 Å². The molecule has 1 heterocycles. The first-order valence-electron chi connectivity index (χ1n) is 6.75. The molecule has 4 rings (SSSR count). The number of ether oxygens (including phenoxy) is 1. The van der Waals surface area contributed by atoms with Crippen LogP contribution >= 0.6 is 11.3 Å². The van der Waals surface area contributed by atoms with E-state index in [2.05, 4.69) is 0 Å². The summed E-state index contributed by atoms with van der Waals surface area (Å²) in [5.74, 6) is 0.323. The molecule has 0 bridgehead atoms. The highest BCUT2D eigenvalue weighted by Gasteiger charge is 2.24. The summed E-state index contributed by atoms with van der Waals surface area (Å²) in [6, 6.07) is 13.4. The van der Waals surface area contributed by atoms with E-state index in [1.54, 1.807) is 11.3 Å². The number of rotatable bonds is 2. The number of hydrogen-bond donors (Lipinski definition) is 0. The molecule has 108 valence electrons. The van der Waals surface area contributed by atoms with Gasteiger partial charge in [0.25, 0.3) is 0 Å². The van der Waals surface area contributed by atoms with Crippen molar-refractivity contribution in [3.63, 3.8) is 0 Å². The number of benzene rings is 3. The zero-order valence-corrected chi connectivity index (χ0v) is 12.5. The minimum atomic E-state index is -0.354. The highest BCUT2D eigenvalue weighted by atomic mass is 32.1. The maximum absolute atomic E-state index is 11.6. The topological polar surface area (TPSA) is 52.4 Å². The molecule has 5 heteroatoms. The first-order chi connectivity index (χ1) is 10.7. The Bertz CT molecular complexity index is 1050. The number of hydrogen-bond acceptors (Lipinski definition) is 4. The Balaban J connectivity index is 2.40. The van der Waals surface area contributed by atoms with E-state index in [1.165, 1.54) is 7.11 Å². The second-order valence-electron chi connectivity index (χ2n) is 5.01. The van der Waals surface area contributed by atoms with Crippen molar-refractivity contribution in [2.75, 3.05) is 7.11 Å². The normalized spacial score (nSPS) is 11.3. The molecule has 1 aromatic heterocycles. The largest absolute Gasteiger partial charge is 0.490 e. The molecule has 0 amide bonds. The van der Waals surface area contributed by atoms with Gasteiger partial charge in [-0.1, -0.05) is 30.3 Å². The minimum Gasteiger partial charge on any atom is -0.490 e. The van der Waals surface area contributed by atoms with E-state index < -0.39 is 0 Å². The van der Waals surface area contributed by atoms with Crippen molar-refractivity contribution in [3.8, 4) is 5.75 Å². The Kier molecular flexibility index (Phi) is 2.77. The molecule has 0 fully saturated rings. The second kappa shape index (κ2) is 4.68. The molecule has 3 aromatic carbocycles. The lowest BCUT2D eigenvalue weighted by Gasteiger charge is -2.11. The predicted molar refractivity (Wildman–Crippen MR) is 90.0 cm³/mol. The fourth-order valence-corrected chi connectivity index (χ4v) is 3.99. The van der Waals surface area contributed by atoms with Gasteiger partial charge in [0.2, 0.25) is 5.75 Å². The first-order valence-corrected chi connectivity index (χ1v) is 7.63. The van der Waals surface area contributed by atoms with Crippen LogP contribution in [0.2, 0.25) is 0 Å². The summed E-state index contributed by atoms with van der Waals surface area (Å²) in [5.41, 5.74) is 0.0338. The second-order valence-corrected chi connectivity index (χ2v) is 5.93. The number of nitro groups is 1. The van der Waals surface area contributed by atoms with Crippen molar-refractivity contribution in [1.29, 1.82) is 0 Å². The van der Waals surface area contributed by atoms with Gasteiger partial charge >= 0.3 is 5.69 Å². The SMILES string of the molecule is COc1c([N+](=O)[O-])c2ccc3ccsc3c2c2ccccc12. The Labute approximate surface area is 129 Å². The molecule has 0 saturated carbocycles. The molecular formula is C17H11NO3S. The lowest BCUT2D eigenvalue weighted by molar-refractivity contribution is -0.383. The molecule has 0 aliphatic carbocycles. The van der Waals surface area contributed by atoms with E-state index in [9.17, 15) is 10.1 Å². The van der Waals surface area contributed by atoms with Crippen molar-refractivity contribution in [2.24, 2.45) is 0 Å². The molecule has 0 atom stereocenters. The number of nitrogens with zero attached hydrogens (tertiary/aromatic N) is 1. The monoisotopic (exact) mass is 309 g/mol. The summed E-state index contributed by atoms with van der Waals surface area (Å²) in [7, 11) is 1.48. The number of fused-ring (bicyclic) bond motifs is 5. The lowest BCUT2D eigenvalue weighted by atomic mass is 9.98. The van der Waals surface area contributed by atoms with Crippen LogP contribution in [0.4, 0.5) is 5.69 Å². The van der Waals surface area contributed by atoms with Crippen molar-refractivity contribution in [1.82, 2.24) is 0 Å². The molecule has 0 aliphatic heterocycles. The maximum Gasteiger partial charge on any atom is 0.319 e. The van der Waals surface area contributed by atoms with Gasteiger partial charge in [0.1, 0.15) is 0 Å². The summed E-state index contributed by atoms with van der Waals surface area (Å²) in [5, 5.41) is 18.0. The molecule has 0 spiro atoms. The number of methoxy groups -OCH3 is 1. The quantitative estimate of drug-likeness (QED) is 0.293. The van der Waals surface area contributed by atoms with Crippen molar-refractivity contribution in [2.45, 2.75) is 0 Å². The van der Waals surface area contributed by atoms with E-state index in [4.69, 9.17) is 4.74 Å². The Morgan fingerprint density at radius 2 is 1.82 bits per heavy atom. The average molecular weight is 309 g/mol. The van der Waals surface area contributed by atoms with Crippen LogP contribution in [-0.4, -0.2) is 12.0 Å². The third-order valence-corrected chi connectivity index (χ3v) is 4.87. The average Bonchev–Trinajstić information content (AvgIpc) is 3.01. The summed E-state index contributed by atoms with van der Waals surface area (Å²) in [6.45, 7) is 0. The molecule has 0 radical (unpaired) electrons. The highest BCUT2D eigenvalue weighted by molar-refractivity contribution is 7.18. The van der Waals surface area contributed by atoms with Gasteiger partial charge in [-0.3, -0.25) is 10.1 Å². The highest BCUT2D eigenvalue weighted by Crippen LogP contribution is 2.46. The van der Waals surface area contributed by atoms with Crippen LogP contribution in [0, 0.1) is 10.1 Å². The molecule has 0 N–H and O–H groups in total. The van der Waals surface area contributed by atoms with Crippen LogP contribution in [0.5, 0.6) is 5.75 Å². The van der Waals surface area contributed by atoms with Gasteiger partial charge in [-0.2, -0.15) is 0 Å². The standard InChI is InChI=1S/C17H11NO3S/c1-21-16-12-5-3-2-4-11(12)14-13(15(16)18(19)20)7-6-10-8-9-22-17(10)14/h2-9H,1H3. The molecule has 0 saturated heterocycles. The van der Waals surface area contributed by atoms with Crippen molar-refractivity contribution in [3.05, 3.63) is 58.0 Å². The van der Waals surface area contributed by atoms with Crippen LogP contribution in [0.3, 0.4) is 0 Å². The Morgan fingerprint density at radius 1 is 1.05 bits per heavy atom. The molecule has 4 nitrogen and oxygen atoms in total. The fourth-order valence-electron chi connectivity index (χ4n) is 3.03. The fraction of sp³-hybridized carbons (Fsp3) is 0.0588. The maximum atomic E-state index is 11.6.